The normalized spacial score (nSPS) is 21.3. The van der Waals surface area contributed by atoms with Crippen molar-refractivity contribution in [3.63, 3.8) is 0 Å². The third-order valence-corrected chi connectivity index (χ3v) is 3.87. The number of ether oxygens (including phenoxy) is 2. The molecule has 0 saturated carbocycles. The highest BCUT2D eigenvalue weighted by molar-refractivity contribution is 5.81. The molecule has 2 atom stereocenters. The summed E-state index contributed by atoms with van der Waals surface area (Å²) in [5.74, 6) is 0.877. The minimum atomic E-state index is -0.336. The number of likely N-dealkylation sites (N-methyl/N-ethyl adjacent to an activating group) is 1. The van der Waals surface area contributed by atoms with Crippen molar-refractivity contribution in [1.29, 1.82) is 0 Å². The molecule has 0 aliphatic carbocycles. The smallest absolute Gasteiger partial charge is 0.252 e. The molecule has 5 heteroatoms. The van der Waals surface area contributed by atoms with E-state index in [0.717, 1.165) is 24.2 Å². The van der Waals surface area contributed by atoms with Gasteiger partial charge in [-0.05, 0) is 37.5 Å². The molecule has 1 fully saturated rings. The Labute approximate surface area is 126 Å². The van der Waals surface area contributed by atoms with Crippen molar-refractivity contribution in [2.24, 2.45) is 5.73 Å². The molecular weight excluding hydrogens is 268 g/mol. The van der Waals surface area contributed by atoms with Crippen molar-refractivity contribution in [3.05, 3.63) is 29.8 Å². The predicted octanol–water partition coefficient (Wildman–Crippen LogP) is 1.55. The lowest BCUT2D eigenvalue weighted by molar-refractivity contribution is -0.143. The average molecular weight is 292 g/mol. The van der Waals surface area contributed by atoms with Gasteiger partial charge in [-0.25, -0.2) is 0 Å². The second-order valence-corrected chi connectivity index (χ2v) is 5.26. The van der Waals surface area contributed by atoms with E-state index in [9.17, 15) is 4.79 Å². The summed E-state index contributed by atoms with van der Waals surface area (Å²) in [5, 5.41) is 0. The van der Waals surface area contributed by atoms with Gasteiger partial charge in [0, 0.05) is 19.6 Å². The zero-order valence-corrected chi connectivity index (χ0v) is 12.7. The zero-order chi connectivity index (χ0) is 15.2. The Bertz CT molecular complexity index is 461. The highest BCUT2D eigenvalue weighted by Crippen LogP contribution is 2.22. The van der Waals surface area contributed by atoms with Gasteiger partial charge < -0.3 is 20.1 Å². The van der Waals surface area contributed by atoms with Crippen LogP contribution < -0.4 is 10.5 Å². The van der Waals surface area contributed by atoms with E-state index in [4.69, 9.17) is 15.2 Å². The maximum absolute atomic E-state index is 12.5. The van der Waals surface area contributed by atoms with Crippen LogP contribution in [0, 0.1) is 0 Å². The van der Waals surface area contributed by atoms with Gasteiger partial charge in [-0.3, -0.25) is 4.79 Å². The molecule has 0 unspecified atom stereocenters. The van der Waals surface area contributed by atoms with Gasteiger partial charge in [0.2, 0.25) is 0 Å². The predicted molar refractivity (Wildman–Crippen MR) is 81.0 cm³/mol. The zero-order valence-electron chi connectivity index (χ0n) is 12.7. The number of benzene rings is 1. The molecule has 21 heavy (non-hydrogen) atoms. The molecule has 1 aliphatic rings. The molecule has 5 nitrogen and oxygen atoms in total. The fourth-order valence-electron chi connectivity index (χ4n) is 2.56. The number of nitrogens with two attached hydrogens (primary N) is 1. The van der Waals surface area contributed by atoms with Crippen LogP contribution >= 0.6 is 0 Å². The molecule has 0 spiro atoms. The average Bonchev–Trinajstić information content (AvgIpc) is 3.01. The summed E-state index contributed by atoms with van der Waals surface area (Å²) in [6, 6.07) is 7.77. The summed E-state index contributed by atoms with van der Waals surface area (Å²) in [5.41, 5.74) is 6.68. The number of hydrogen-bond acceptors (Lipinski definition) is 4. The molecule has 1 aliphatic heterocycles. The van der Waals surface area contributed by atoms with E-state index >= 15 is 0 Å². The van der Waals surface area contributed by atoms with Gasteiger partial charge in [-0.1, -0.05) is 12.1 Å². The number of amides is 1. The first-order valence-corrected chi connectivity index (χ1v) is 7.45. The molecule has 1 heterocycles. The van der Waals surface area contributed by atoms with Crippen molar-refractivity contribution in [1.82, 2.24) is 4.90 Å². The number of nitrogens with zero attached hydrogens (tertiary/aromatic N) is 1. The van der Waals surface area contributed by atoms with Crippen molar-refractivity contribution in [3.8, 4) is 5.75 Å². The molecular formula is C16H24N2O3. The molecule has 0 radical (unpaired) electrons. The highest BCUT2D eigenvalue weighted by atomic mass is 16.5. The number of carbonyl (C=O) groups excluding carboxylic acids is 1. The number of carbonyl (C=O) groups is 1. The second kappa shape index (κ2) is 7.43. The van der Waals surface area contributed by atoms with E-state index in [0.29, 0.717) is 19.6 Å². The van der Waals surface area contributed by atoms with Crippen molar-refractivity contribution in [2.45, 2.75) is 38.5 Å². The van der Waals surface area contributed by atoms with Gasteiger partial charge in [0.15, 0.2) is 0 Å². The monoisotopic (exact) mass is 292 g/mol. The van der Waals surface area contributed by atoms with Crippen molar-refractivity contribution >= 4 is 5.91 Å². The lowest BCUT2D eigenvalue weighted by Gasteiger charge is -2.24. The van der Waals surface area contributed by atoms with Crippen LogP contribution in [0.5, 0.6) is 5.75 Å². The molecule has 1 aromatic rings. The molecule has 0 bridgehead atoms. The molecule has 116 valence electrons. The quantitative estimate of drug-likeness (QED) is 0.864. The van der Waals surface area contributed by atoms with Crippen LogP contribution in [0.25, 0.3) is 0 Å². The van der Waals surface area contributed by atoms with Gasteiger partial charge in [0.25, 0.3) is 5.91 Å². The van der Waals surface area contributed by atoms with Gasteiger partial charge >= 0.3 is 0 Å². The fourth-order valence-corrected chi connectivity index (χ4v) is 2.56. The molecule has 1 aromatic carbocycles. The Morgan fingerprint density at radius 1 is 1.38 bits per heavy atom. The molecule has 2 rings (SSSR count). The van der Waals surface area contributed by atoms with Gasteiger partial charge in [0.1, 0.15) is 11.9 Å². The first-order valence-electron chi connectivity index (χ1n) is 7.45. The van der Waals surface area contributed by atoms with Crippen molar-refractivity contribution in [2.75, 3.05) is 20.2 Å². The lowest BCUT2D eigenvalue weighted by atomic mass is 10.1. The van der Waals surface area contributed by atoms with E-state index in [2.05, 4.69) is 0 Å². The SMILES string of the molecule is CCN(Cc1ccc(OC)cc1)C(=O)[C@@H]1CC[C@H](CN)O1. The van der Waals surface area contributed by atoms with Crippen LogP contribution in [-0.2, 0) is 16.1 Å². The topological polar surface area (TPSA) is 64.8 Å². The lowest BCUT2D eigenvalue weighted by Crippen LogP contribution is -2.39. The van der Waals surface area contributed by atoms with Crippen LogP contribution in [0.15, 0.2) is 24.3 Å². The van der Waals surface area contributed by atoms with Crippen LogP contribution in [0.3, 0.4) is 0 Å². The Morgan fingerprint density at radius 3 is 2.62 bits per heavy atom. The molecule has 1 saturated heterocycles. The summed E-state index contributed by atoms with van der Waals surface area (Å²) in [7, 11) is 1.64. The molecule has 1 amide bonds. The second-order valence-electron chi connectivity index (χ2n) is 5.26. The number of hydrogen-bond donors (Lipinski definition) is 1. The molecule has 0 aromatic heterocycles. The third kappa shape index (κ3) is 3.95. The Kier molecular flexibility index (Phi) is 5.59. The maximum Gasteiger partial charge on any atom is 0.252 e. The summed E-state index contributed by atoms with van der Waals surface area (Å²) in [6.07, 6.45) is 1.32. The third-order valence-electron chi connectivity index (χ3n) is 3.87. The van der Waals surface area contributed by atoms with Gasteiger partial charge in [0.05, 0.1) is 13.2 Å². The fraction of sp³-hybridized carbons (Fsp3) is 0.562. The first kappa shape index (κ1) is 15.8. The van der Waals surface area contributed by atoms with E-state index in [-0.39, 0.29) is 18.1 Å². The van der Waals surface area contributed by atoms with Gasteiger partial charge in [-0.2, -0.15) is 0 Å². The summed E-state index contributed by atoms with van der Waals surface area (Å²) in [6.45, 7) is 3.72. The summed E-state index contributed by atoms with van der Waals surface area (Å²) < 4.78 is 10.8. The Morgan fingerprint density at radius 2 is 2.10 bits per heavy atom. The van der Waals surface area contributed by atoms with Gasteiger partial charge in [-0.15, -0.1) is 0 Å². The number of rotatable bonds is 6. The van der Waals surface area contributed by atoms with E-state index in [1.165, 1.54) is 0 Å². The van der Waals surface area contributed by atoms with E-state index < -0.39 is 0 Å². The largest absolute Gasteiger partial charge is 0.497 e. The standard InChI is InChI=1S/C16H24N2O3/c1-3-18(11-12-4-6-13(20-2)7-5-12)16(19)15-9-8-14(10-17)21-15/h4-7,14-15H,3,8-11,17H2,1-2H3/t14-,15+/m1/s1. The van der Waals surface area contributed by atoms with Crippen LogP contribution in [0.1, 0.15) is 25.3 Å². The van der Waals surface area contributed by atoms with Crippen LogP contribution in [0.4, 0.5) is 0 Å². The van der Waals surface area contributed by atoms with Crippen LogP contribution in [-0.4, -0.2) is 43.2 Å². The highest BCUT2D eigenvalue weighted by Gasteiger charge is 2.32. The van der Waals surface area contributed by atoms with Crippen LogP contribution in [0.2, 0.25) is 0 Å². The number of methoxy groups -OCH3 is 1. The first-order chi connectivity index (χ1) is 10.2. The summed E-state index contributed by atoms with van der Waals surface area (Å²) >= 11 is 0. The Balaban J connectivity index is 1.97. The van der Waals surface area contributed by atoms with E-state index in [1.807, 2.05) is 36.1 Å². The van der Waals surface area contributed by atoms with E-state index in [1.54, 1.807) is 7.11 Å². The molecule has 2 N–H and O–H groups in total. The minimum Gasteiger partial charge on any atom is -0.497 e. The Hall–Kier alpha value is -1.59. The maximum atomic E-state index is 12.5. The van der Waals surface area contributed by atoms with Crippen molar-refractivity contribution < 1.29 is 14.3 Å². The minimum absolute atomic E-state index is 0.0265. The summed E-state index contributed by atoms with van der Waals surface area (Å²) in [4.78, 5) is 14.3.